The largest absolute Gasteiger partial charge is 0.478 e. The van der Waals surface area contributed by atoms with Gasteiger partial charge in [-0.1, -0.05) is 38.6 Å². The molecule has 25 heavy (non-hydrogen) atoms. The topological polar surface area (TPSA) is 78.4 Å². The van der Waals surface area contributed by atoms with Crippen molar-refractivity contribution in [3.63, 3.8) is 0 Å². The van der Waals surface area contributed by atoms with E-state index in [1.807, 2.05) is 24.3 Å². The van der Waals surface area contributed by atoms with E-state index in [9.17, 15) is 14.7 Å². The quantitative estimate of drug-likeness (QED) is 0.531. The molecule has 1 unspecified atom stereocenters. The number of rotatable bonds is 6. The second-order valence-electron chi connectivity index (χ2n) is 6.15. The van der Waals surface area contributed by atoms with Crippen LogP contribution in [0.5, 0.6) is 0 Å². The van der Waals surface area contributed by atoms with E-state index < -0.39 is 11.9 Å². The first-order valence-corrected chi connectivity index (χ1v) is 8.26. The number of hydrogen-bond donors (Lipinski definition) is 3. The first-order chi connectivity index (χ1) is 11.7. The summed E-state index contributed by atoms with van der Waals surface area (Å²) >= 11 is 0. The predicted molar refractivity (Wildman–Crippen MR) is 105 cm³/mol. The van der Waals surface area contributed by atoms with Crippen LogP contribution in [0.4, 0.5) is 17.1 Å². The fraction of sp³-hybridized carbons (Fsp3) is 0.158. The molecular weight excluding hydrogens is 335 g/mol. The van der Waals surface area contributed by atoms with E-state index in [0.29, 0.717) is 5.69 Å². The Balaban J connectivity index is 2.43. The molecule has 0 spiro atoms. The van der Waals surface area contributed by atoms with Gasteiger partial charge in [-0.25, -0.2) is 4.79 Å². The van der Waals surface area contributed by atoms with E-state index in [-0.39, 0.29) is 16.4 Å². The molecule has 1 atom stereocenters. The molecule has 3 N–H and O–H groups in total. The third-order valence-corrected chi connectivity index (χ3v) is 3.94. The number of anilines is 3. The van der Waals surface area contributed by atoms with Crippen LogP contribution >= 0.6 is 9.24 Å². The Kier molecular flexibility index (Phi) is 5.60. The van der Waals surface area contributed by atoms with Crippen molar-refractivity contribution in [2.45, 2.75) is 19.0 Å². The minimum atomic E-state index is -1.13. The molecule has 130 valence electrons. The van der Waals surface area contributed by atoms with Crippen LogP contribution in [0.15, 0.2) is 55.1 Å². The second-order valence-corrected chi connectivity index (χ2v) is 7.60. The van der Waals surface area contributed by atoms with E-state index >= 15 is 0 Å². The molecule has 1 amide bonds. The molecule has 0 saturated heterocycles. The Morgan fingerprint density at radius 1 is 1.16 bits per heavy atom. The van der Waals surface area contributed by atoms with Gasteiger partial charge in [0, 0.05) is 10.8 Å². The van der Waals surface area contributed by atoms with Crippen LogP contribution in [0.25, 0.3) is 0 Å². The van der Waals surface area contributed by atoms with Gasteiger partial charge in [-0.2, -0.15) is 0 Å². The number of carboxylic acid groups (broad SMARTS) is 1. The molecule has 0 saturated carbocycles. The van der Waals surface area contributed by atoms with Crippen LogP contribution in [0.3, 0.4) is 0 Å². The number of nitrogens with one attached hydrogen (secondary N) is 2. The highest BCUT2D eigenvalue weighted by atomic mass is 31.0. The highest BCUT2D eigenvalue weighted by Gasteiger charge is 2.18. The Morgan fingerprint density at radius 2 is 1.80 bits per heavy atom. The van der Waals surface area contributed by atoms with E-state index in [2.05, 4.69) is 40.3 Å². The molecule has 0 aliphatic carbocycles. The Hall–Kier alpha value is -2.65. The smallest absolute Gasteiger partial charge is 0.339 e. The molecule has 0 aromatic heterocycles. The van der Waals surface area contributed by atoms with Crippen LogP contribution in [0.2, 0.25) is 0 Å². The number of aromatic carboxylic acids is 1. The van der Waals surface area contributed by atoms with Crippen LogP contribution in [-0.2, 0) is 9.95 Å². The second kappa shape index (κ2) is 7.49. The van der Waals surface area contributed by atoms with Gasteiger partial charge in [0.2, 0.25) is 5.91 Å². The van der Waals surface area contributed by atoms with Crippen LogP contribution in [0, 0.1) is 0 Å². The van der Waals surface area contributed by atoms with E-state index in [1.165, 1.54) is 6.07 Å². The summed E-state index contributed by atoms with van der Waals surface area (Å²) < 4.78 is 0. The predicted octanol–water partition coefficient (Wildman–Crippen LogP) is 4.36. The zero-order chi connectivity index (χ0) is 18.6. The van der Waals surface area contributed by atoms with Gasteiger partial charge in [0.1, 0.15) is 5.56 Å². The van der Waals surface area contributed by atoms with Crippen molar-refractivity contribution >= 4 is 38.2 Å². The number of amides is 1. The maximum atomic E-state index is 11.7. The summed E-state index contributed by atoms with van der Waals surface area (Å²) in [5.74, 6) is -1.60. The summed E-state index contributed by atoms with van der Waals surface area (Å²) in [6.07, 6.45) is 1.09. The first kappa shape index (κ1) is 18.7. The van der Waals surface area contributed by atoms with Crippen LogP contribution in [0.1, 0.15) is 29.8 Å². The molecule has 2 aromatic rings. The molecule has 5 nitrogen and oxygen atoms in total. The lowest BCUT2D eigenvalue weighted by atomic mass is 10.0. The summed E-state index contributed by atoms with van der Waals surface area (Å²) in [6.45, 7) is 7.53. The molecule has 0 heterocycles. The van der Waals surface area contributed by atoms with Crippen LogP contribution < -0.4 is 10.6 Å². The number of hydrogen-bond acceptors (Lipinski definition) is 3. The number of carbonyl (C=O) groups is 2. The number of carbonyl (C=O) groups excluding carboxylic acids is 1. The third kappa shape index (κ3) is 4.68. The van der Waals surface area contributed by atoms with Gasteiger partial charge in [-0.05, 0) is 35.9 Å². The lowest BCUT2D eigenvalue weighted by Crippen LogP contribution is -2.13. The molecule has 0 bridgehead atoms. The van der Waals surface area contributed by atoms with Gasteiger partial charge in [0.25, 0.3) is 0 Å². The van der Waals surface area contributed by atoms with Gasteiger partial charge in [-0.15, -0.1) is 9.24 Å². The summed E-state index contributed by atoms with van der Waals surface area (Å²) in [7, 11) is 2.78. The van der Waals surface area contributed by atoms with Crippen molar-refractivity contribution < 1.29 is 14.7 Å². The fourth-order valence-electron chi connectivity index (χ4n) is 2.33. The highest BCUT2D eigenvalue weighted by molar-refractivity contribution is 7.18. The fourth-order valence-corrected chi connectivity index (χ4v) is 2.51. The normalized spacial score (nSPS) is 10.8. The van der Waals surface area contributed by atoms with Crippen molar-refractivity contribution in [3.05, 3.63) is 66.2 Å². The zero-order valence-corrected chi connectivity index (χ0v) is 15.3. The third-order valence-electron chi connectivity index (χ3n) is 3.61. The number of carboxylic acids is 1. The molecule has 0 fully saturated rings. The van der Waals surface area contributed by atoms with Crippen molar-refractivity contribution in [2.24, 2.45) is 0 Å². The molecule has 0 aliphatic rings. The van der Waals surface area contributed by atoms with Gasteiger partial charge >= 0.3 is 5.97 Å². The summed E-state index contributed by atoms with van der Waals surface area (Å²) in [4.78, 5) is 23.2. The van der Waals surface area contributed by atoms with E-state index in [1.54, 1.807) is 12.1 Å². The molecule has 2 rings (SSSR count). The summed E-state index contributed by atoms with van der Waals surface area (Å²) in [6, 6.07) is 12.6. The molecular formula is C19H21N2O3P. The molecule has 6 heteroatoms. The Morgan fingerprint density at radius 3 is 2.40 bits per heavy atom. The van der Waals surface area contributed by atoms with Gasteiger partial charge < -0.3 is 15.7 Å². The van der Waals surface area contributed by atoms with Crippen molar-refractivity contribution in [1.29, 1.82) is 0 Å². The highest BCUT2D eigenvalue weighted by Crippen LogP contribution is 2.33. The van der Waals surface area contributed by atoms with E-state index in [0.717, 1.165) is 17.3 Å². The monoisotopic (exact) mass is 356 g/mol. The lowest BCUT2D eigenvalue weighted by molar-refractivity contribution is -0.111. The summed E-state index contributed by atoms with van der Waals surface area (Å²) in [5, 5.41) is 15.1. The first-order valence-electron chi connectivity index (χ1n) is 7.68. The zero-order valence-electron chi connectivity index (χ0n) is 14.2. The minimum Gasteiger partial charge on any atom is -0.478 e. The van der Waals surface area contributed by atoms with Crippen LogP contribution in [-0.4, -0.2) is 17.0 Å². The standard InChI is InChI=1S/C19H21N2O3P/c1-4-16(22)21-15-10-6-9-14(17(15)18(23)24)20-13-8-5-7-12(11-13)19(2,3)25/h4-11,20H,1,25H2,2-3H3,(H,21,22)(H,23,24). The van der Waals surface area contributed by atoms with Crippen molar-refractivity contribution in [2.75, 3.05) is 10.6 Å². The van der Waals surface area contributed by atoms with E-state index in [4.69, 9.17) is 0 Å². The average Bonchev–Trinajstić information content (AvgIpc) is 2.54. The van der Waals surface area contributed by atoms with Crippen molar-refractivity contribution in [1.82, 2.24) is 0 Å². The average molecular weight is 356 g/mol. The Labute approximate surface area is 149 Å². The molecule has 2 aromatic carbocycles. The van der Waals surface area contributed by atoms with Gasteiger partial charge in [0.05, 0.1) is 11.4 Å². The molecule has 0 radical (unpaired) electrons. The SMILES string of the molecule is C=CC(=O)Nc1cccc(Nc2cccc(C(C)(C)P)c2)c1C(=O)O. The maximum absolute atomic E-state index is 11.7. The minimum absolute atomic E-state index is 0.00626. The maximum Gasteiger partial charge on any atom is 0.339 e. The summed E-state index contributed by atoms with van der Waals surface area (Å²) in [5.41, 5.74) is 2.46. The number of benzene rings is 2. The molecule has 0 aliphatic heterocycles. The lowest BCUT2D eigenvalue weighted by Gasteiger charge is -2.20. The Bertz CT molecular complexity index is 826. The van der Waals surface area contributed by atoms with Gasteiger partial charge in [-0.3, -0.25) is 4.79 Å². The van der Waals surface area contributed by atoms with Gasteiger partial charge in [0.15, 0.2) is 0 Å². The van der Waals surface area contributed by atoms with Crippen molar-refractivity contribution in [3.8, 4) is 0 Å².